The van der Waals surface area contributed by atoms with E-state index in [1.807, 2.05) is 13.0 Å². The van der Waals surface area contributed by atoms with E-state index in [1.165, 1.54) is 24.1 Å². The second kappa shape index (κ2) is 11.0. The molecule has 0 aromatic heterocycles. The molecule has 9 heteroatoms. The van der Waals surface area contributed by atoms with Crippen molar-refractivity contribution in [2.45, 2.75) is 25.3 Å². The lowest BCUT2D eigenvalue weighted by molar-refractivity contribution is -0.128. The maximum absolute atomic E-state index is 13.7. The van der Waals surface area contributed by atoms with Gasteiger partial charge in [-0.25, -0.2) is 8.42 Å². The molecule has 3 aromatic rings. The van der Waals surface area contributed by atoms with Gasteiger partial charge >= 0.3 is 0 Å². The van der Waals surface area contributed by atoms with Gasteiger partial charge in [0.25, 0.3) is 10.0 Å². The van der Waals surface area contributed by atoms with Crippen molar-refractivity contribution in [3.05, 3.63) is 82.4 Å². The summed E-state index contributed by atoms with van der Waals surface area (Å²) in [6.07, 6.45) is 0. The van der Waals surface area contributed by atoms with E-state index in [2.05, 4.69) is 0 Å². The molecule has 0 heterocycles. The van der Waals surface area contributed by atoms with E-state index in [1.54, 1.807) is 63.5 Å². The average Bonchev–Trinajstić information content (AvgIpc) is 2.84. The lowest BCUT2D eigenvalue weighted by Gasteiger charge is -2.28. The summed E-state index contributed by atoms with van der Waals surface area (Å²) in [6.45, 7) is 3.52. The molecule has 0 bridgehead atoms. The van der Waals surface area contributed by atoms with Gasteiger partial charge in [-0.15, -0.1) is 0 Å². The zero-order chi connectivity index (χ0) is 25.8. The zero-order valence-corrected chi connectivity index (χ0v) is 22.0. The Hall–Kier alpha value is -3.23. The Kier molecular flexibility index (Phi) is 8.30. The minimum Gasteiger partial charge on any atom is -0.493 e. The van der Waals surface area contributed by atoms with Crippen molar-refractivity contribution in [3.8, 4) is 11.5 Å². The number of sulfonamides is 1. The van der Waals surface area contributed by atoms with Crippen molar-refractivity contribution < 1.29 is 22.7 Å². The zero-order valence-electron chi connectivity index (χ0n) is 20.4. The fourth-order valence-electron chi connectivity index (χ4n) is 3.57. The maximum atomic E-state index is 13.7. The number of ether oxygens (including phenoxy) is 2. The first-order valence-electron chi connectivity index (χ1n) is 10.9. The highest BCUT2D eigenvalue weighted by Gasteiger charge is 2.29. The molecular weight excluding hydrogens is 488 g/mol. The number of halogens is 1. The molecule has 0 unspecified atom stereocenters. The van der Waals surface area contributed by atoms with Crippen LogP contribution < -0.4 is 13.8 Å². The molecule has 3 aromatic carbocycles. The van der Waals surface area contributed by atoms with Crippen molar-refractivity contribution >= 4 is 33.2 Å². The van der Waals surface area contributed by atoms with Crippen molar-refractivity contribution in [2.75, 3.05) is 32.1 Å². The van der Waals surface area contributed by atoms with Crippen LogP contribution in [-0.2, 0) is 21.4 Å². The number of rotatable bonds is 9. The molecule has 3 rings (SSSR count). The van der Waals surface area contributed by atoms with Crippen LogP contribution >= 0.6 is 11.6 Å². The van der Waals surface area contributed by atoms with Crippen molar-refractivity contribution in [2.24, 2.45) is 0 Å². The van der Waals surface area contributed by atoms with E-state index in [4.69, 9.17) is 21.1 Å². The third-order valence-corrected chi connectivity index (χ3v) is 7.63. The van der Waals surface area contributed by atoms with Crippen LogP contribution in [-0.4, -0.2) is 47.0 Å². The molecule has 0 aliphatic rings. The summed E-state index contributed by atoms with van der Waals surface area (Å²) in [5.41, 5.74) is 2.77. The first-order valence-corrected chi connectivity index (χ1v) is 12.7. The standard InChI is InChI=1S/C26H29ClN2O5S/c1-18-6-11-22(12-7-18)35(31,32)29(23-15-21(27)10-8-19(23)2)17-26(30)28(3)16-20-9-13-24(33-4)25(14-20)34-5/h6-15H,16-17H2,1-5H3. The number of benzene rings is 3. The monoisotopic (exact) mass is 516 g/mol. The Morgan fingerprint density at radius 1 is 0.914 bits per heavy atom. The third kappa shape index (κ3) is 6.07. The summed E-state index contributed by atoms with van der Waals surface area (Å²) in [6, 6.07) is 16.9. The fourth-order valence-corrected chi connectivity index (χ4v) is 5.21. The molecule has 0 aliphatic carbocycles. The molecule has 0 saturated carbocycles. The maximum Gasteiger partial charge on any atom is 0.264 e. The molecular formula is C26H29ClN2O5S. The van der Waals surface area contributed by atoms with Crippen LogP contribution in [0.4, 0.5) is 5.69 Å². The predicted octanol–water partition coefficient (Wildman–Crippen LogP) is 4.83. The SMILES string of the molecule is COc1ccc(CN(C)C(=O)CN(c2cc(Cl)ccc2C)S(=O)(=O)c2ccc(C)cc2)cc1OC. The largest absolute Gasteiger partial charge is 0.493 e. The van der Waals surface area contributed by atoms with Gasteiger partial charge in [0.1, 0.15) is 6.54 Å². The van der Waals surface area contributed by atoms with Gasteiger partial charge in [-0.3, -0.25) is 9.10 Å². The Bertz CT molecular complexity index is 1310. The van der Waals surface area contributed by atoms with E-state index < -0.39 is 10.0 Å². The van der Waals surface area contributed by atoms with Crippen LogP contribution in [0.25, 0.3) is 0 Å². The number of nitrogens with zero attached hydrogens (tertiary/aromatic N) is 2. The quantitative estimate of drug-likeness (QED) is 0.407. The molecule has 0 aliphatic heterocycles. The molecule has 0 N–H and O–H groups in total. The molecule has 0 saturated heterocycles. The number of hydrogen-bond donors (Lipinski definition) is 0. The normalized spacial score (nSPS) is 11.1. The van der Waals surface area contributed by atoms with Gasteiger partial charge in [-0.05, 0) is 61.4 Å². The molecule has 35 heavy (non-hydrogen) atoms. The minimum atomic E-state index is -4.04. The number of hydrogen-bond acceptors (Lipinski definition) is 5. The van der Waals surface area contributed by atoms with Gasteiger partial charge in [0, 0.05) is 18.6 Å². The highest BCUT2D eigenvalue weighted by atomic mass is 35.5. The number of amides is 1. The molecule has 186 valence electrons. The van der Waals surface area contributed by atoms with Crippen molar-refractivity contribution in [3.63, 3.8) is 0 Å². The highest BCUT2D eigenvalue weighted by molar-refractivity contribution is 7.92. The summed E-state index contributed by atoms with van der Waals surface area (Å²) in [4.78, 5) is 14.8. The molecule has 1 amide bonds. The van der Waals surface area contributed by atoms with Gasteiger partial charge in [-0.1, -0.05) is 41.4 Å². The van der Waals surface area contributed by atoms with E-state index in [9.17, 15) is 13.2 Å². The second-order valence-electron chi connectivity index (χ2n) is 8.19. The van der Waals surface area contributed by atoms with E-state index >= 15 is 0 Å². The van der Waals surface area contributed by atoms with Crippen LogP contribution in [0.15, 0.2) is 65.6 Å². The fraction of sp³-hybridized carbons (Fsp3) is 0.269. The predicted molar refractivity (Wildman–Crippen MR) is 138 cm³/mol. The lowest BCUT2D eigenvalue weighted by Crippen LogP contribution is -2.41. The number of likely N-dealkylation sites (N-methyl/N-ethyl adjacent to an activating group) is 1. The first kappa shape index (κ1) is 26.4. The number of carbonyl (C=O) groups excluding carboxylic acids is 1. The summed E-state index contributed by atoms with van der Waals surface area (Å²) in [7, 11) is 0.674. The van der Waals surface area contributed by atoms with Crippen LogP contribution in [0.1, 0.15) is 16.7 Å². The number of aryl methyl sites for hydroxylation is 2. The van der Waals surface area contributed by atoms with Crippen LogP contribution in [0.2, 0.25) is 5.02 Å². The average molecular weight is 517 g/mol. The molecule has 0 fully saturated rings. The summed E-state index contributed by atoms with van der Waals surface area (Å²) < 4.78 is 39.0. The molecule has 0 radical (unpaired) electrons. The van der Waals surface area contributed by atoms with Gasteiger partial charge in [-0.2, -0.15) is 0 Å². The summed E-state index contributed by atoms with van der Waals surface area (Å²) >= 11 is 6.20. The van der Waals surface area contributed by atoms with Gasteiger partial charge in [0.15, 0.2) is 11.5 Å². The minimum absolute atomic E-state index is 0.0952. The molecule has 7 nitrogen and oxygen atoms in total. The van der Waals surface area contributed by atoms with Gasteiger partial charge < -0.3 is 14.4 Å². The Morgan fingerprint density at radius 3 is 2.20 bits per heavy atom. The van der Waals surface area contributed by atoms with Crippen molar-refractivity contribution in [1.82, 2.24) is 4.90 Å². The topological polar surface area (TPSA) is 76.2 Å². The lowest BCUT2D eigenvalue weighted by atomic mass is 10.2. The van der Waals surface area contributed by atoms with Gasteiger partial charge in [0.05, 0.1) is 24.8 Å². The van der Waals surface area contributed by atoms with E-state index in [-0.39, 0.29) is 23.9 Å². The number of methoxy groups -OCH3 is 2. The Morgan fingerprint density at radius 2 is 1.57 bits per heavy atom. The Balaban J connectivity index is 1.93. The second-order valence-corrected chi connectivity index (χ2v) is 10.5. The molecule has 0 spiro atoms. The number of carbonyl (C=O) groups is 1. The van der Waals surface area contributed by atoms with Crippen LogP contribution in [0.3, 0.4) is 0 Å². The third-order valence-electron chi connectivity index (χ3n) is 5.62. The Labute approximate surface area is 211 Å². The summed E-state index contributed by atoms with van der Waals surface area (Å²) in [5.74, 6) is 0.746. The summed E-state index contributed by atoms with van der Waals surface area (Å²) in [5, 5.41) is 0.376. The van der Waals surface area contributed by atoms with Crippen LogP contribution in [0.5, 0.6) is 11.5 Å². The van der Waals surface area contributed by atoms with E-state index in [0.29, 0.717) is 27.8 Å². The molecule has 0 atom stereocenters. The number of anilines is 1. The van der Waals surface area contributed by atoms with Crippen molar-refractivity contribution in [1.29, 1.82) is 0 Å². The van der Waals surface area contributed by atoms with Gasteiger partial charge in [0.2, 0.25) is 5.91 Å². The van der Waals surface area contributed by atoms with E-state index in [0.717, 1.165) is 15.4 Å². The highest BCUT2D eigenvalue weighted by Crippen LogP contribution is 2.30. The smallest absolute Gasteiger partial charge is 0.264 e. The van der Waals surface area contributed by atoms with Crippen LogP contribution in [0, 0.1) is 13.8 Å². The first-order chi connectivity index (χ1) is 16.6.